The predicted octanol–water partition coefficient (Wildman–Crippen LogP) is 3.82. The predicted molar refractivity (Wildman–Crippen MR) is 106 cm³/mol. The Balaban J connectivity index is 1.67. The van der Waals surface area contributed by atoms with Crippen LogP contribution in [0.15, 0.2) is 12.2 Å². The number of hydrogen-bond donors (Lipinski definition) is 0. The lowest BCUT2D eigenvalue weighted by atomic mass is 9.35. The molecule has 1 heterocycles. The molecule has 29 heavy (non-hydrogen) atoms. The van der Waals surface area contributed by atoms with E-state index in [4.69, 9.17) is 21.1 Å². The molecule has 1 saturated heterocycles. The Morgan fingerprint density at radius 1 is 1.21 bits per heavy atom. The van der Waals surface area contributed by atoms with Gasteiger partial charge in [-0.05, 0) is 68.8 Å². The highest BCUT2D eigenvalue weighted by molar-refractivity contribution is 6.29. The van der Waals surface area contributed by atoms with E-state index in [1.54, 1.807) is 6.92 Å². The van der Waals surface area contributed by atoms with Gasteiger partial charge in [0.2, 0.25) is 0 Å². The molecular weight excluding hydrogens is 392 g/mol. The highest BCUT2D eigenvalue weighted by Crippen LogP contribution is 2.73. The smallest absolute Gasteiger partial charge is 0.324 e. The van der Waals surface area contributed by atoms with E-state index in [1.807, 2.05) is 0 Å². The van der Waals surface area contributed by atoms with Crippen LogP contribution >= 0.6 is 11.6 Å². The molecule has 0 aromatic rings. The number of hydrogen-bond acceptors (Lipinski definition) is 5. The molecule has 4 bridgehead atoms. The molecule has 6 aliphatic rings. The fourth-order valence-electron chi connectivity index (χ4n) is 7.88. The summed E-state index contributed by atoms with van der Waals surface area (Å²) >= 11 is 6.02. The summed E-state index contributed by atoms with van der Waals surface area (Å²) in [5.41, 5.74) is -0.999. The second kappa shape index (κ2) is 6.09. The molecule has 1 spiro atoms. The van der Waals surface area contributed by atoms with E-state index in [0.29, 0.717) is 25.0 Å². The van der Waals surface area contributed by atoms with Crippen LogP contribution in [0.4, 0.5) is 0 Å². The quantitative estimate of drug-likeness (QED) is 0.386. The minimum Gasteiger partial charge on any atom is -0.465 e. The summed E-state index contributed by atoms with van der Waals surface area (Å²) in [6.07, 6.45) is 4.97. The Morgan fingerprint density at radius 2 is 1.97 bits per heavy atom. The van der Waals surface area contributed by atoms with Gasteiger partial charge in [-0.25, -0.2) is 0 Å². The maximum absolute atomic E-state index is 13.6. The van der Waals surface area contributed by atoms with Crippen LogP contribution in [-0.4, -0.2) is 35.8 Å². The number of ketones is 1. The summed E-state index contributed by atoms with van der Waals surface area (Å²) in [5, 5.41) is -0.773. The zero-order valence-electron chi connectivity index (χ0n) is 17.2. The SMILES string of the molecule is C=C1C(=O)C23CC[C@H]1CC2C12CCC[C@@](C)(COC1=O)C2C[C@H]3OC(=O)[C@@H](C)Cl. The van der Waals surface area contributed by atoms with E-state index in [0.717, 1.165) is 32.1 Å². The summed E-state index contributed by atoms with van der Waals surface area (Å²) in [5.74, 6) is -0.589. The summed E-state index contributed by atoms with van der Waals surface area (Å²) in [6, 6.07) is 0. The minimum atomic E-state index is -0.863. The molecule has 158 valence electrons. The summed E-state index contributed by atoms with van der Waals surface area (Å²) < 4.78 is 11.7. The Kier molecular flexibility index (Phi) is 4.11. The van der Waals surface area contributed by atoms with Crippen LogP contribution < -0.4 is 0 Å². The minimum absolute atomic E-state index is 0.00324. The second-order valence-corrected chi connectivity index (χ2v) is 11.0. The van der Waals surface area contributed by atoms with E-state index in [1.165, 1.54) is 0 Å². The number of alkyl halides is 1. The number of carbonyl (C=O) groups excluding carboxylic acids is 3. The number of ether oxygens (including phenoxy) is 2. The van der Waals surface area contributed by atoms with Gasteiger partial charge in [-0.3, -0.25) is 14.4 Å². The Hall–Kier alpha value is -1.36. The summed E-state index contributed by atoms with van der Waals surface area (Å²) in [6.45, 7) is 8.29. The number of allylic oxidation sites excluding steroid dienone is 1. The number of halogens is 1. The maximum atomic E-state index is 13.6. The number of cyclic esters (lactones) is 1. The topological polar surface area (TPSA) is 69.7 Å². The van der Waals surface area contributed by atoms with Crippen molar-refractivity contribution in [2.24, 2.45) is 34.0 Å². The van der Waals surface area contributed by atoms with Crippen molar-refractivity contribution in [1.29, 1.82) is 0 Å². The highest BCUT2D eigenvalue weighted by Gasteiger charge is 2.76. The molecule has 4 unspecified atom stereocenters. The van der Waals surface area contributed by atoms with Crippen molar-refractivity contribution in [2.45, 2.75) is 70.3 Å². The molecule has 5 nitrogen and oxygen atoms in total. The molecule has 1 aliphatic heterocycles. The van der Waals surface area contributed by atoms with Gasteiger partial charge in [-0.1, -0.05) is 19.9 Å². The molecule has 6 rings (SSSR count). The van der Waals surface area contributed by atoms with Crippen LogP contribution in [0.5, 0.6) is 0 Å². The number of rotatable bonds is 2. The van der Waals surface area contributed by atoms with Crippen molar-refractivity contribution in [3.05, 3.63) is 12.2 Å². The molecule has 8 atom stereocenters. The standard InChI is InChI=1S/C23H29ClO5/c1-12-14-5-8-23(18(12)25)16(9-14)22-7-4-6-21(3,11-28-20(22)27)15(22)10-17(23)29-19(26)13(2)24/h13-17H,1,4-11H2,2-3H3/t13-,14+,15?,16?,17-,21+,22?,23?/m1/s1. The first-order chi connectivity index (χ1) is 13.7. The van der Waals surface area contributed by atoms with E-state index in [-0.39, 0.29) is 34.9 Å². The van der Waals surface area contributed by atoms with Crippen molar-refractivity contribution in [3.63, 3.8) is 0 Å². The van der Waals surface area contributed by atoms with E-state index < -0.39 is 28.3 Å². The molecule has 0 N–H and O–H groups in total. The normalized spacial score (nSPS) is 49.0. The summed E-state index contributed by atoms with van der Waals surface area (Å²) in [4.78, 5) is 39.5. The van der Waals surface area contributed by atoms with Gasteiger partial charge in [0.1, 0.15) is 11.5 Å². The van der Waals surface area contributed by atoms with Crippen molar-refractivity contribution in [3.8, 4) is 0 Å². The first-order valence-corrected chi connectivity index (χ1v) is 11.4. The average Bonchev–Trinajstić information content (AvgIpc) is 2.69. The molecule has 5 aliphatic carbocycles. The third kappa shape index (κ3) is 2.26. The molecule has 0 aromatic carbocycles. The van der Waals surface area contributed by atoms with Gasteiger partial charge in [0.05, 0.1) is 17.4 Å². The fourth-order valence-corrected chi connectivity index (χ4v) is 7.93. The monoisotopic (exact) mass is 420 g/mol. The van der Waals surface area contributed by atoms with Gasteiger partial charge < -0.3 is 9.47 Å². The third-order valence-electron chi connectivity index (χ3n) is 9.20. The number of carbonyl (C=O) groups is 3. The van der Waals surface area contributed by atoms with Gasteiger partial charge in [-0.15, -0.1) is 11.6 Å². The highest BCUT2D eigenvalue weighted by atomic mass is 35.5. The van der Waals surface area contributed by atoms with Gasteiger partial charge in [0, 0.05) is 5.41 Å². The molecular formula is C23H29ClO5. The Morgan fingerprint density at radius 3 is 2.69 bits per heavy atom. The second-order valence-electron chi connectivity index (χ2n) is 10.4. The Labute approximate surface area is 176 Å². The Bertz CT molecular complexity index is 820. The first-order valence-electron chi connectivity index (χ1n) is 10.9. The van der Waals surface area contributed by atoms with Crippen LogP contribution in [0, 0.1) is 34.0 Å². The van der Waals surface area contributed by atoms with Crippen molar-refractivity contribution < 1.29 is 23.9 Å². The largest absolute Gasteiger partial charge is 0.465 e. The van der Waals surface area contributed by atoms with Crippen molar-refractivity contribution in [1.82, 2.24) is 0 Å². The van der Waals surface area contributed by atoms with Crippen LogP contribution in [0.25, 0.3) is 0 Å². The fraction of sp³-hybridized carbons (Fsp3) is 0.783. The lowest BCUT2D eigenvalue weighted by Gasteiger charge is -2.69. The molecule has 6 fully saturated rings. The van der Waals surface area contributed by atoms with Crippen molar-refractivity contribution >= 4 is 29.3 Å². The van der Waals surface area contributed by atoms with Crippen LogP contribution in [0.3, 0.4) is 0 Å². The van der Waals surface area contributed by atoms with Gasteiger partial charge in [0.25, 0.3) is 0 Å². The van der Waals surface area contributed by atoms with E-state index >= 15 is 0 Å². The van der Waals surface area contributed by atoms with Gasteiger partial charge >= 0.3 is 11.9 Å². The number of Topliss-reactive ketones (excluding diaryl/α,β-unsaturated/α-hetero) is 1. The van der Waals surface area contributed by atoms with Crippen LogP contribution in [-0.2, 0) is 23.9 Å². The van der Waals surface area contributed by atoms with Crippen LogP contribution in [0.1, 0.15) is 58.8 Å². The van der Waals surface area contributed by atoms with E-state index in [2.05, 4.69) is 13.5 Å². The lowest BCUT2D eigenvalue weighted by molar-refractivity contribution is -0.257. The number of fused-ring (bicyclic) bond motifs is 2. The molecule has 5 saturated carbocycles. The van der Waals surface area contributed by atoms with E-state index in [9.17, 15) is 14.4 Å². The maximum Gasteiger partial charge on any atom is 0.324 e. The number of esters is 2. The molecule has 6 heteroatoms. The average molecular weight is 421 g/mol. The molecule has 0 radical (unpaired) electrons. The zero-order valence-corrected chi connectivity index (χ0v) is 17.9. The van der Waals surface area contributed by atoms with Crippen LogP contribution in [0.2, 0.25) is 0 Å². The zero-order chi connectivity index (χ0) is 20.8. The van der Waals surface area contributed by atoms with Crippen molar-refractivity contribution in [2.75, 3.05) is 6.61 Å². The molecule has 0 aromatic heterocycles. The summed E-state index contributed by atoms with van der Waals surface area (Å²) in [7, 11) is 0. The van der Waals surface area contributed by atoms with Gasteiger partial charge in [0.15, 0.2) is 5.78 Å². The van der Waals surface area contributed by atoms with Gasteiger partial charge in [-0.2, -0.15) is 0 Å². The molecule has 0 amide bonds. The lowest BCUT2D eigenvalue weighted by Crippen LogP contribution is -2.73. The first kappa shape index (κ1) is 19.6. The third-order valence-corrected chi connectivity index (χ3v) is 9.38.